The fourth-order valence-electron chi connectivity index (χ4n) is 4.41. The lowest BCUT2D eigenvalue weighted by atomic mass is 9.80. The molecular formula is C20H27N3O3S. The fourth-order valence-corrected chi connectivity index (χ4v) is 5.15. The molecule has 0 unspecified atom stereocenters. The van der Waals surface area contributed by atoms with Gasteiger partial charge in [0.1, 0.15) is 5.76 Å². The van der Waals surface area contributed by atoms with Gasteiger partial charge in [0.15, 0.2) is 0 Å². The van der Waals surface area contributed by atoms with E-state index in [0.29, 0.717) is 25.7 Å². The maximum absolute atomic E-state index is 13.0. The van der Waals surface area contributed by atoms with Crippen LogP contribution in [0, 0.1) is 25.2 Å². The number of fused-ring (bicyclic) bond motifs is 1. The van der Waals surface area contributed by atoms with Gasteiger partial charge >= 0.3 is 0 Å². The van der Waals surface area contributed by atoms with Crippen molar-refractivity contribution in [1.29, 1.82) is 0 Å². The maximum atomic E-state index is 13.0. The predicted octanol–water partition coefficient (Wildman–Crippen LogP) is 2.55. The zero-order valence-electron chi connectivity index (χ0n) is 16.0. The number of likely N-dealkylation sites (tertiary alicyclic amines) is 1. The van der Waals surface area contributed by atoms with Gasteiger partial charge in [-0.1, -0.05) is 11.2 Å². The molecule has 2 atom stereocenters. The number of hydrogen-bond acceptors (Lipinski definition) is 6. The van der Waals surface area contributed by atoms with Crippen LogP contribution < -0.4 is 5.32 Å². The number of aryl methyl sites for hydroxylation is 2. The Hall–Kier alpha value is -1.70. The van der Waals surface area contributed by atoms with Crippen LogP contribution in [-0.2, 0) is 22.5 Å². The van der Waals surface area contributed by atoms with E-state index in [2.05, 4.69) is 32.9 Å². The Labute approximate surface area is 163 Å². The quantitative estimate of drug-likeness (QED) is 0.737. The number of carbonyl (C=O) groups is 1. The molecule has 2 aromatic heterocycles. The van der Waals surface area contributed by atoms with Gasteiger partial charge in [-0.15, -0.1) is 11.3 Å². The van der Waals surface area contributed by atoms with Crippen molar-refractivity contribution in [2.24, 2.45) is 11.3 Å². The van der Waals surface area contributed by atoms with Crippen LogP contribution in [-0.4, -0.2) is 48.8 Å². The number of thiophene rings is 1. The van der Waals surface area contributed by atoms with E-state index in [1.807, 2.05) is 13.8 Å². The summed E-state index contributed by atoms with van der Waals surface area (Å²) in [7, 11) is 0. The number of amides is 1. The summed E-state index contributed by atoms with van der Waals surface area (Å²) in [5, 5.41) is 9.27. The molecule has 146 valence electrons. The van der Waals surface area contributed by atoms with Gasteiger partial charge in [0.05, 0.1) is 24.3 Å². The molecule has 2 aromatic rings. The summed E-state index contributed by atoms with van der Waals surface area (Å²) in [6.45, 7) is 8.44. The van der Waals surface area contributed by atoms with Crippen molar-refractivity contribution < 1.29 is 14.1 Å². The Morgan fingerprint density at radius 3 is 3.11 bits per heavy atom. The van der Waals surface area contributed by atoms with Gasteiger partial charge < -0.3 is 14.6 Å². The van der Waals surface area contributed by atoms with E-state index in [4.69, 9.17) is 9.26 Å². The van der Waals surface area contributed by atoms with Gasteiger partial charge in [0.25, 0.3) is 0 Å². The van der Waals surface area contributed by atoms with Crippen molar-refractivity contribution in [2.45, 2.75) is 33.2 Å². The highest BCUT2D eigenvalue weighted by Crippen LogP contribution is 2.42. The van der Waals surface area contributed by atoms with Gasteiger partial charge in [0, 0.05) is 42.5 Å². The standard InChI is InChI=1S/C20H27N3O3S/c1-14-18(15(2)26-22-14)6-3-7-21-19(24)20-12-23(9-16(20)11-25-13-20)10-17-5-4-8-27-17/h4-5,8,16H,3,6-7,9-13H2,1-2H3,(H,21,24)/t16-,20-/m1/s1. The van der Waals surface area contributed by atoms with Crippen molar-refractivity contribution in [3.8, 4) is 0 Å². The van der Waals surface area contributed by atoms with Gasteiger partial charge in [-0.05, 0) is 38.1 Å². The first-order chi connectivity index (χ1) is 13.1. The Morgan fingerprint density at radius 2 is 2.37 bits per heavy atom. The third-order valence-electron chi connectivity index (χ3n) is 5.93. The topological polar surface area (TPSA) is 67.6 Å². The van der Waals surface area contributed by atoms with Crippen molar-refractivity contribution >= 4 is 17.2 Å². The first kappa shape index (κ1) is 18.7. The van der Waals surface area contributed by atoms with E-state index in [1.54, 1.807) is 11.3 Å². The number of aromatic nitrogens is 1. The highest BCUT2D eigenvalue weighted by molar-refractivity contribution is 7.09. The largest absolute Gasteiger partial charge is 0.380 e. The zero-order chi connectivity index (χ0) is 18.9. The number of ether oxygens (including phenoxy) is 1. The van der Waals surface area contributed by atoms with Crippen LogP contribution in [0.15, 0.2) is 22.0 Å². The SMILES string of the molecule is Cc1noc(C)c1CCCNC(=O)[C@]12COC[C@H]1CN(Cc1cccs1)C2. The average Bonchev–Trinajstić information content (AvgIpc) is 3.39. The molecule has 27 heavy (non-hydrogen) atoms. The van der Waals surface area contributed by atoms with Crippen LogP contribution in [0.5, 0.6) is 0 Å². The minimum atomic E-state index is -0.389. The van der Waals surface area contributed by atoms with Crippen LogP contribution in [0.4, 0.5) is 0 Å². The van der Waals surface area contributed by atoms with Crippen LogP contribution in [0.2, 0.25) is 0 Å². The minimum absolute atomic E-state index is 0.150. The molecule has 0 radical (unpaired) electrons. The smallest absolute Gasteiger partial charge is 0.230 e. The Morgan fingerprint density at radius 1 is 1.48 bits per heavy atom. The first-order valence-electron chi connectivity index (χ1n) is 9.61. The van der Waals surface area contributed by atoms with E-state index in [-0.39, 0.29) is 11.3 Å². The van der Waals surface area contributed by atoms with Crippen LogP contribution in [0.3, 0.4) is 0 Å². The average molecular weight is 390 g/mol. The molecule has 0 spiro atoms. The molecule has 4 rings (SSSR count). The number of nitrogens with zero attached hydrogens (tertiary/aromatic N) is 2. The van der Waals surface area contributed by atoms with Crippen LogP contribution >= 0.6 is 11.3 Å². The minimum Gasteiger partial charge on any atom is -0.380 e. The van der Waals surface area contributed by atoms with E-state index in [9.17, 15) is 4.79 Å². The number of rotatable bonds is 7. The fraction of sp³-hybridized carbons (Fsp3) is 0.600. The lowest BCUT2D eigenvalue weighted by Gasteiger charge is -2.26. The maximum Gasteiger partial charge on any atom is 0.230 e. The van der Waals surface area contributed by atoms with Crippen LogP contribution in [0.25, 0.3) is 0 Å². The molecule has 0 aromatic carbocycles. The molecule has 0 aliphatic carbocycles. The molecule has 2 aliphatic heterocycles. The summed E-state index contributed by atoms with van der Waals surface area (Å²) < 4.78 is 10.9. The lowest BCUT2D eigenvalue weighted by molar-refractivity contribution is -0.131. The molecule has 6 nitrogen and oxygen atoms in total. The van der Waals surface area contributed by atoms with Gasteiger partial charge in [-0.25, -0.2) is 0 Å². The molecule has 0 saturated carbocycles. The summed E-state index contributed by atoms with van der Waals surface area (Å²) in [4.78, 5) is 16.8. The number of hydrogen-bond donors (Lipinski definition) is 1. The van der Waals surface area contributed by atoms with Crippen LogP contribution in [0.1, 0.15) is 28.3 Å². The molecule has 7 heteroatoms. The zero-order valence-corrected chi connectivity index (χ0v) is 16.8. The monoisotopic (exact) mass is 389 g/mol. The summed E-state index contributed by atoms with van der Waals surface area (Å²) in [6, 6.07) is 4.25. The lowest BCUT2D eigenvalue weighted by Crippen LogP contribution is -2.47. The third kappa shape index (κ3) is 3.68. The normalized spacial score (nSPS) is 25.0. The number of nitrogens with one attached hydrogen (secondary N) is 1. The van der Waals surface area contributed by atoms with E-state index < -0.39 is 0 Å². The molecule has 2 aliphatic rings. The van der Waals surface area contributed by atoms with Gasteiger partial charge in [0.2, 0.25) is 5.91 Å². The highest BCUT2D eigenvalue weighted by Gasteiger charge is 2.55. The van der Waals surface area contributed by atoms with Crippen molar-refractivity contribution in [2.75, 3.05) is 32.8 Å². The van der Waals surface area contributed by atoms with Crippen molar-refractivity contribution in [1.82, 2.24) is 15.4 Å². The summed E-state index contributed by atoms with van der Waals surface area (Å²) in [5.74, 6) is 1.32. The molecule has 0 bridgehead atoms. The van der Waals surface area contributed by atoms with E-state index >= 15 is 0 Å². The first-order valence-corrected chi connectivity index (χ1v) is 10.5. The second kappa shape index (κ2) is 7.73. The molecule has 4 heterocycles. The molecular weight excluding hydrogens is 362 g/mol. The van der Waals surface area contributed by atoms with E-state index in [0.717, 1.165) is 49.5 Å². The van der Waals surface area contributed by atoms with Crippen molar-refractivity contribution in [3.63, 3.8) is 0 Å². The Bertz CT molecular complexity index is 769. The van der Waals surface area contributed by atoms with E-state index in [1.165, 1.54) is 4.88 Å². The highest BCUT2D eigenvalue weighted by atomic mass is 32.1. The Balaban J connectivity index is 1.31. The third-order valence-corrected chi connectivity index (χ3v) is 6.79. The predicted molar refractivity (Wildman–Crippen MR) is 104 cm³/mol. The summed E-state index contributed by atoms with van der Waals surface area (Å²) in [6.07, 6.45) is 1.76. The van der Waals surface area contributed by atoms with Gasteiger partial charge in [-0.2, -0.15) is 0 Å². The molecule has 1 N–H and O–H groups in total. The summed E-state index contributed by atoms with van der Waals surface area (Å²) >= 11 is 1.78. The molecule has 2 saturated heterocycles. The molecule has 1 amide bonds. The van der Waals surface area contributed by atoms with Crippen molar-refractivity contribution in [3.05, 3.63) is 39.4 Å². The number of carbonyl (C=O) groups excluding carboxylic acids is 1. The summed E-state index contributed by atoms with van der Waals surface area (Å²) in [5.41, 5.74) is 1.72. The van der Waals surface area contributed by atoms with Gasteiger partial charge in [-0.3, -0.25) is 9.69 Å². The molecule has 2 fully saturated rings. The Kier molecular flexibility index (Phi) is 5.34. The second-order valence-electron chi connectivity index (χ2n) is 7.78. The second-order valence-corrected chi connectivity index (χ2v) is 8.81.